The summed E-state index contributed by atoms with van der Waals surface area (Å²) in [6, 6.07) is 0. The summed E-state index contributed by atoms with van der Waals surface area (Å²) in [6.07, 6.45) is 0. The number of carbonyl (C=O) groups is 2. The molecule has 0 fully saturated rings. The van der Waals surface area contributed by atoms with Gasteiger partial charge in [-0.2, -0.15) is 0 Å². The van der Waals surface area contributed by atoms with Gasteiger partial charge in [0, 0.05) is 49.4 Å². The van der Waals surface area contributed by atoms with Crippen molar-refractivity contribution in [2.45, 2.75) is 27.7 Å². The Morgan fingerprint density at radius 2 is 0.778 bits per heavy atom. The van der Waals surface area contributed by atoms with E-state index in [9.17, 15) is 9.59 Å². The van der Waals surface area contributed by atoms with Crippen LogP contribution in [0.1, 0.15) is 27.7 Å². The maximum Gasteiger partial charge on any atom is 0.126 e. The van der Waals surface area contributed by atoms with Gasteiger partial charge in [-0.3, -0.25) is 0 Å². The first kappa shape index (κ1) is 16.5. The molecule has 0 heterocycles. The minimum Gasteiger partial charge on any atom is -0.300 e. The van der Waals surface area contributed by atoms with Crippen LogP contribution in [0.4, 0.5) is 0 Å². The van der Waals surface area contributed by atoms with Crippen molar-refractivity contribution in [3.05, 3.63) is 0 Å². The van der Waals surface area contributed by atoms with E-state index in [1.54, 1.807) is 0 Å². The van der Waals surface area contributed by atoms with Crippen LogP contribution in [0, 0.1) is 49.4 Å². The van der Waals surface area contributed by atoms with E-state index in [2.05, 4.69) is 0 Å². The van der Waals surface area contributed by atoms with E-state index in [4.69, 9.17) is 0 Å². The fraction of sp³-hybridized carbons (Fsp3) is 0.667. The van der Waals surface area contributed by atoms with E-state index in [1.165, 1.54) is 27.7 Å². The summed E-state index contributed by atoms with van der Waals surface area (Å²) in [4.78, 5) is 18.9. The first-order valence-electron chi connectivity index (χ1n) is 2.41. The summed E-state index contributed by atoms with van der Waals surface area (Å²) in [5, 5.41) is 0. The third-order valence-electron chi connectivity index (χ3n) is 0. The quantitative estimate of drug-likeness (QED) is 0.661. The van der Waals surface area contributed by atoms with Gasteiger partial charge in [-0.25, -0.2) is 0 Å². The predicted octanol–water partition coefficient (Wildman–Crippen LogP) is 1.19. The second-order valence-corrected chi connectivity index (χ2v) is 1.82. The molecule has 0 aromatic rings. The maximum atomic E-state index is 9.44. The molecule has 0 aromatic heterocycles. The molecule has 3 heteroatoms. The van der Waals surface area contributed by atoms with Crippen molar-refractivity contribution in [2.24, 2.45) is 0 Å². The summed E-state index contributed by atoms with van der Waals surface area (Å²) in [5.74, 6) is 0.333. The predicted molar refractivity (Wildman–Crippen MR) is 32.7 cm³/mol. The molecule has 0 N–H and O–H groups in total. The average Bonchev–Trinajstić information content (AvgIpc) is 1.25. The smallest absolute Gasteiger partial charge is 0.126 e. The zero-order chi connectivity index (χ0) is 7.15. The van der Waals surface area contributed by atoms with E-state index in [0.29, 0.717) is 0 Å². The van der Waals surface area contributed by atoms with Crippen molar-refractivity contribution < 1.29 is 59.0 Å². The molecule has 1 radical (unpaired) electrons. The molecule has 0 saturated heterocycles. The van der Waals surface area contributed by atoms with Crippen LogP contribution >= 0.6 is 0 Å². The summed E-state index contributed by atoms with van der Waals surface area (Å²) in [5.41, 5.74) is 0. The molecular weight excluding hydrogens is 256 g/mol. The first-order valence-corrected chi connectivity index (χ1v) is 2.41. The van der Waals surface area contributed by atoms with Gasteiger partial charge in [0.2, 0.25) is 0 Å². The normalized spacial score (nSPS) is 5.78. The Morgan fingerprint density at radius 1 is 0.778 bits per heavy atom. The number of hydrogen-bond acceptors (Lipinski definition) is 2. The van der Waals surface area contributed by atoms with E-state index in [0.717, 1.165) is 0 Å². The third-order valence-corrected chi connectivity index (χ3v) is 0. The topological polar surface area (TPSA) is 34.1 Å². The maximum absolute atomic E-state index is 9.44. The Balaban J connectivity index is -0.0000000720. The van der Waals surface area contributed by atoms with Gasteiger partial charge in [-0.15, -0.1) is 0 Å². The number of hydrogen-bond donors (Lipinski definition) is 0. The Labute approximate surface area is 96.9 Å². The van der Waals surface area contributed by atoms with E-state index < -0.39 is 0 Å². The van der Waals surface area contributed by atoms with Gasteiger partial charge >= 0.3 is 0 Å². The largest absolute Gasteiger partial charge is 0.300 e. The molecule has 0 aromatic carbocycles. The molecular formula is C6H12EuO2. The van der Waals surface area contributed by atoms with Crippen molar-refractivity contribution in [3.63, 3.8) is 0 Å². The molecule has 2 nitrogen and oxygen atoms in total. The Bertz CT molecular complexity index is 69.1. The van der Waals surface area contributed by atoms with Crippen molar-refractivity contribution in [2.75, 3.05) is 0 Å². The van der Waals surface area contributed by atoms with Crippen molar-refractivity contribution in [1.82, 2.24) is 0 Å². The second kappa shape index (κ2) is 11.7. The van der Waals surface area contributed by atoms with E-state index in [-0.39, 0.29) is 60.9 Å². The fourth-order valence-electron chi connectivity index (χ4n) is 0. The van der Waals surface area contributed by atoms with Gasteiger partial charge in [0.1, 0.15) is 11.6 Å². The van der Waals surface area contributed by atoms with Gasteiger partial charge in [0.25, 0.3) is 0 Å². The SMILES string of the molecule is CC(C)=O.CC(C)=O.[Eu]. The van der Waals surface area contributed by atoms with Crippen LogP contribution in [0.25, 0.3) is 0 Å². The third kappa shape index (κ3) is 501. The van der Waals surface area contributed by atoms with Crippen molar-refractivity contribution >= 4 is 11.6 Å². The zero-order valence-electron chi connectivity index (χ0n) is 6.19. The molecule has 0 atom stereocenters. The Kier molecular flexibility index (Phi) is 21.4. The zero-order valence-corrected chi connectivity index (χ0v) is 8.62. The Morgan fingerprint density at radius 3 is 0.778 bits per heavy atom. The van der Waals surface area contributed by atoms with Crippen LogP contribution in [0.15, 0.2) is 0 Å². The fourth-order valence-corrected chi connectivity index (χ4v) is 0. The number of ketones is 2. The standard InChI is InChI=1S/2C3H6O.Eu/c2*1-3(2)4;/h2*1-2H3;. The molecule has 0 rings (SSSR count). The van der Waals surface area contributed by atoms with Crippen LogP contribution in [-0.2, 0) is 9.59 Å². The van der Waals surface area contributed by atoms with E-state index >= 15 is 0 Å². The summed E-state index contributed by atoms with van der Waals surface area (Å²) in [6.45, 7) is 6.11. The number of Topliss-reactive ketones (excluding diaryl/α,β-unsaturated/α-hetero) is 2. The molecule has 55 valence electrons. The average molecular weight is 268 g/mol. The molecule has 0 unspecified atom stereocenters. The minimum atomic E-state index is 0. The van der Waals surface area contributed by atoms with Gasteiger partial charge < -0.3 is 9.59 Å². The van der Waals surface area contributed by atoms with Crippen molar-refractivity contribution in [3.8, 4) is 0 Å². The molecule has 0 bridgehead atoms. The molecule has 0 saturated carbocycles. The first-order chi connectivity index (χ1) is 3.46. The van der Waals surface area contributed by atoms with Gasteiger partial charge in [0.05, 0.1) is 0 Å². The van der Waals surface area contributed by atoms with Crippen LogP contribution in [0.2, 0.25) is 0 Å². The Hall–Kier alpha value is 0.924. The van der Waals surface area contributed by atoms with Crippen LogP contribution in [0.3, 0.4) is 0 Å². The molecule has 0 aliphatic carbocycles. The van der Waals surface area contributed by atoms with Crippen LogP contribution in [-0.4, -0.2) is 11.6 Å². The molecule has 0 spiro atoms. The number of rotatable bonds is 0. The van der Waals surface area contributed by atoms with E-state index in [1.807, 2.05) is 0 Å². The molecule has 0 amide bonds. The van der Waals surface area contributed by atoms with Crippen molar-refractivity contribution in [1.29, 1.82) is 0 Å². The summed E-state index contributed by atoms with van der Waals surface area (Å²) < 4.78 is 0. The second-order valence-electron chi connectivity index (χ2n) is 1.82. The monoisotopic (exact) mass is 269 g/mol. The molecule has 0 aliphatic heterocycles. The van der Waals surface area contributed by atoms with Gasteiger partial charge in [-0.05, 0) is 27.7 Å². The summed E-state index contributed by atoms with van der Waals surface area (Å²) in [7, 11) is 0. The molecule has 9 heavy (non-hydrogen) atoms. The van der Waals surface area contributed by atoms with Gasteiger partial charge in [0.15, 0.2) is 0 Å². The minimum absolute atomic E-state index is 0. The van der Waals surface area contributed by atoms with Crippen LogP contribution < -0.4 is 0 Å². The number of carbonyl (C=O) groups excluding carboxylic acids is 2. The molecule has 0 aliphatic rings. The van der Waals surface area contributed by atoms with Gasteiger partial charge in [-0.1, -0.05) is 0 Å². The summed E-state index contributed by atoms with van der Waals surface area (Å²) >= 11 is 0. The van der Waals surface area contributed by atoms with Crippen LogP contribution in [0.5, 0.6) is 0 Å².